The van der Waals surface area contributed by atoms with Gasteiger partial charge in [-0.15, -0.1) is 6.58 Å². The summed E-state index contributed by atoms with van der Waals surface area (Å²) >= 11 is 0. The van der Waals surface area contributed by atoms with Crippen LogP contribution in [0.15, 0.2) is 79.4 Å². The third-order valence-corrected chi connectivity index (χ3v) is 5.26. The topological polar surface area (TPSA) is 0 Å². The number of hydrogen-bond donors (Lipinski definition) is 0. The highest BCUT2D eigenvalue weighted by molar-refractivity contribution is 5.65. The monoisotopic (exact) mass is 396 g/mol. The number of benzene rings is 3. The van der Waals surface area contributed by atoms with Crippen LogP contribution in [0.1, 0.15) is 54.9 Å². The van der Waals surface area contributed by atoms with Crippen LogP contribution in [0.25, 0.3) is 11.1 Å². The van der Waals surface area contributed by atoms with E-state index in [4.69, 9.17) is 0 Å². The molecule has 0 amide bonds. The summed E-state index contributed by atoms with van der Waals surface area (Å²) in [7, 11) is 0. The molecular formula is C29H29F. The van der Waals surface area contributed by atoms with Gasteiger partial charge in [0.25, 0.3) is 0 Å². The van der Waals surface area contributed by atoms with Gasteiger partial charge >= 0.3 is 0 Å². The van der Waals surface area contributed by atoms with Gasteiger partial charge in [0.15, 0.2) is 0 Å². The second-order valence-corrected chi connectivity index (χ2v) is 7.61. The summed E-state index contributed by atoms with van der Waals surface area (Å²) in [6.45, 7) is 5.92. The maximum Gasteiger partial charge on any atom is 0.127 e. The molecule has 3 rings (SSSR count). The van der Waals surface area contributed by atoms with Crippen LogP contribution in [-0.4, -0.2) is 0 Å². The molecule has 0 heterocycles. The average molecular weight is 397 g/mol. The Morgan fingerprint density at radius 2 is 1.43 bits per heavy atom. The van der Waals surface area contributed by atoms with E-state index in [1.54, 1.807) is 6.07 Å². The van der Waals surface area contributed by atoms with Gasteiger partial charge in [-0.3, -0.25) is 0 Å². The largest absolute Gasteiger partial charge is 0.207 e. The maximum absolute atomic E-state index is 14.4. The molecule has 0 N–H and O–H groups in total. The minimum Gasteiger partial charge on any atom is -0.207 e. The quantitative estimate of drug-likeness (QED) is 0.207. The highest BCUT2D eigenvalue weighted by atomic mass is 19.1. The molecule has 0 fully saturated rings. The van der Waals surface area contributed by atoms with Crippen LogP contribution in [0.2, 0.25) is 0 Å². The summed E-state index contributed by atoms with van der Waals surface area (Å²) in [4.78, 5) is 0. The smallest absolute Gasteiger partial charge is 0.127 e. The first kappa shape index (κ1) is 21.6. The zero-order chi connectivity index (χ0) is 21.2. The van der Waals surface area contributed by atoms with E-state index in [9.17, 15) is 4.39 Å². The Morgan fingerprint density at radius 3 is 2.03 bits per heavy atom. The lowest BCUT2D eigenvalue weighted by atomic mass is 10.00. The van der Waals surface area contributed by atoms with E-state index >= 15 is 0 Å². The van der Waals surface area contributed by atoms with E-state index in [-0.39, 0.29) is 5.82 Å². The van der Waals surface area contributed by atoms with Gasteiger partial charge in [-0.2, -0.15) is 0 Å². The molecule has 152 valence electrons. The predicted octanol–water partition coefficient (Wildman–Crippen LogP) is 7.74. The van der Waals surface area contributed by atoms with Crippen LogP contribution in [0, 0.1) is 17.7 Å². The molecule has 3 aromatic carbocycles. The molecule has 0 aromatic heterocycles. The molecular weight excluding hydrogens is 367 g/mol. The van der Waals surface area contributed by atoms with Crippen LogP contribution >= 0.6 is 0 Å². The van der Waals surface area contributed by atoms with E-state index in [0.717, 1.165) is 66.3 Å². The minimum atomic E-state index is -0.107. The first-order valence-electron chi connectivity index (χ1n) is 10.8. The zero-order valence-electron chi connectivity index (χ0n) is 17.8. The number of hydrogen-bond acceptors (Lipinski definition) is 0. The second kappa shape index (κ2) is 11.2. The van der Waals surface area contributed by atoms with Gasteiger partial charge < -0.3 is 0 Å². The molecule has 0 aliphatic heterocycles. The maximum atomic E-state index is 14.4. The molecule has 30 heavy (non-hydrogen) atoms. The Kier molecular flexibility index (Phi) is 8.04. The van der Waals surface area contributed by atoms with Gasteiger partial charge in [-0.1, -0.05) is 74.1 Å². The molecule has 0 aliphatic rings. The van der Waals surface area contributed by atoms with Crippen LogP contribution in [0.4, 0.5) is 4.39 Å². The Hall–Kier alpha value is -3.11. The summed E-state index contributed by atoms with van der Waals surface area (Å²) in [5.74, 6) is 6.32. The highest BCUT2D eigenvalue weighted by Crippen LogP contribution is 2.23. The Balaban J connectivity index is 1.66. The van der Waals surface area contributed by atoms with Crippen molar-refractivity contribution in [2.75, 3.05) is 0 Å². The first-order valence-corrected chi connectivity index (χ1v) is 10.8. The standard InChI is InChI=1S/C29H29F/c1-3-5-7-9-27-20-21-28(22-29(27)30)26-18-16-25(17-19-26)15-14-24-12-10-23(11-13-24)8-6-4-2/h4,10-13,16-22H,2-3,5-9H2,1H3. The third-order valence-electron chi connectivity index (χ3n) is 5.26. The lowest BCUT2D eigenvalue weighted by Gasteiger charge is -2.07. The molecule has 3 aromatic rings. The zero-order valence-corrected chi connectivity index (χ0v) is 17.8. The number of allylic oxidation sites excluding steroid dienone is 1. The summed E-state index contributed by atoms with van der Waals surface area (Å²) < 4.78 is 14.4. The molecule has 0 radical (unpaired) electrons. The van der Waals surface area contributed by atoms with Crippen molar-refractivity contribution in [3.63, 3.8) is 0 Å². The van der Waals surface area contributed by atoms with Crippen molar-refractivity contribution in [2.45, 2.75) is 45.4 Å². The second-order valence-electron chi connectivity index (χ2n) is 7.61. The Labute approximate surface area is 180 Å². The van der Waals surface area contributed by atoms with E-state index in [2.05, 4.69) is 49.6 Å². The Bertz CT molecular complexity index is 1010. The van der Waals surface area contributed by atoms with Crippen molar-refractivity contribution in [1.29, 1.82) is 0 Å². The van der Waals surface area contributed by atoms with Crippen LogP contribution in [0.5, 0.6) is 0 Å². The van der Waals surface area contributed by atoms with E-state index in [1.807, 2.05) is 42.5 Å². The van der Waals surface area contributed by atoms with Gasteiger partial charge in [-0.05, 0) is 78.3 Å². The number of unbranched alkanes of at least 4 members (excludes halogenated alkanes) is 2. The van der Waals surface area contributed by atoms with Gasteiger partial charge in [0.05, 0.1) is 0 Å². The fraction of sp³-hybridized carbons (Fsp3) is 0.241. The van der Waals surface area contributed by atoms with E-state index in [1.165, 1.54) is 5.56 Å². The van der Waals surface area contributed by atoms with E-state index in [0.29, 0.717) is 0 Å². The predicted molar refractivity (Wildman–Crippen MR) is 126 cm³/mol. The van der Waals surface area contributed by atoms with Gasteiger partial charge in [0.1, 0.15) is 5.82 Å². The van der Waals surface area contributed by atoms with Crippen molar-refractivity contribution < 1.29 is 4.39 Å². The summed E-state index contributed by atoms with van der Waals surface area (Å²) in [5, 5.41) is 0. The minimum absolute atomic E-state index is 0.107. The molecule has 0 saturated carbocycles. The van der Waals surface area contributed by atoms with Crippen LogP contribution in [-0.2, 0) is 12.8 Å². The molecule has 0 aliphatic carbocycles. The number of rotatable bonds is 8. The SMILES string of the molecule is C=CCCc1ccc(C#Cc2ccc(-c3ccc(CCCCC)c(F)c3)cc2)cc1. The fourth-order valence-electron chi connectivity index (χ4n) is 3.41. The summed E-state index contributed by atoms with van der Waals surface area (Å²) in [6, 6.07) is 22.0. The summed E-state index contributed by atoms with van der Waals surface area (Å²) in [5.41, 5.74) is 5.97. The molecule has 0 atom stereocenters. The van der Waals surface area contributed by atoms with Gasteiger partial charge in [0, 0.05) is 11.1 Å². The summed E-state index contributed by atoms with van der Waals surface area (Å²) in [6.07, 6.45) is 8.08. The van der Waals surface area contributed by atoms with Crippen LogP contribution < -0.4 is 0 Å². The molecule has 0 unspecified atom stereocenters. The van der Waals surface area contributed by atoms with Crippen LogP contribution in [0.3, 0.4) is 0 Å². The van der Waals surface area contributed by atoms with Crippen molar-refractivity contribution >= 4 is 0 Å². The van der Waals surface area contributed by atoms with Gasteiger partial charge in [-0.25, -0.2) is 4.39 Å². The lowest BCUT2D eigenvalue weighted by Crippen LogP contribution is -1.92. The Morgan fingerprint density at radius 1 is 0.800 bits per heavy atom. The molecule has 0 spiro atoms. The molecule has 0 nitrogen and oxygen atoms in total. The van der Waals surface area contributed by atoms with Crippen molar-refractivity contribution in [3.05, 3.63) is 107 Å². The highest BCUT2D eigenvalue weighted by Gasteiger charge is 2.05. The van der Waals surface area contributed by atoms with E-state index < -0.39 is 0 Å². The van der Waals surface area contributed by atoms with Crippen molar-refractivity contribution in [1.82, 2.24) is 0 Å². The average Bonchev–Trinajstić information content (AvgIpc) is 2.78. The van der Waals surface area contributed by atoms with Crippen molar-refractivity contribution in [2.24, 2.45) is 0 Å². The first-order chi connectivity index (χ1) is 14.7. The van der Waals surface area contributed by atoms with Crippen molar-refractivity contribution in [3.8, 4) is 23.0 Å². The molecule has 1 heteroatoms. The number of aryl methyl sites for hydroxylation is 2. The molecule has 0 saturated heterocycles. The lowest BCUT2D eigenvalue weighted by molar-refractivity contribution is 0.599. The third kappa shape index (κ3) is 6.19. The number of halogens is 1. The normalized spacial score (nSPS) is 10.3. The fourth-order valence-corrected chi connectivity index (χ4v) is 3.41. The van der Waals surface area contributed by atoms with Gasteiger partial charge in [0.2, 0.25) is 0 Å². The molecule has 0 bridgehead atoms.